The van der Waals surface area contributed by atoms with Crippen molar-refractivity contribution in [2.45, 2.75) is 26.2 Å². The van der Waals surface area contributed by atoms with Crippen molar-refractivity contribution in [2.75, 3.05) is 26.2 Å². The van der Waals surface area contributed by atoms with Crippen molar-refractivity contribution < 1.29 is 4.79 Å². The molecule has 2 heterocycles. The van der Waals surface area contributed by atoms with Crippen LogP contribution in [0.15, 0.2) is 11.7 Å². The number of nitrogens with zero attached hydrogens (tertiary/aromatic N) is 2. The molecule has 1 amide bonds. The Bertz CT molecular complexity index is 360. The van der Waals surface area contributed by atoms with E-state index >= 15 is 0 Å². The van der Waals surface area contributed by atoms with E-state index < -0.39 is 0 Å². The van der Waals surface area contributed by atoms with E-state index in [1.165, 1.54) is 24.2 Å². The van der Waals surface area contributed by atoms with Gasteiger partial charge in [0.25, 0.3) is 5.91 Å². The largest absolute Gasteiger partial charge is 0.338 e. The lowest BCUT2D eigenvalue weighted by atomic mass is 9.97. The van der Waals surface area contributed by atoms with Gasteiger partial charge in [0.15, 0.2) is 0 Å². The average molecular weight is 267 g/mol. The molecule has 0 unspecified atom stereocenters. The topological polar surface area (TPSA) is 45.2 Å². The van der Waals surface area contributed by atoms with E-state index in [1.54, 1.807) is 11.7 Å². The number of rotatable bonds is 5. The van der Waals surface area contributed by atoms with Crippen LogP contribution in [0.2, 0.25) is 0 Å². The Labute approximate surface area is 112 Å². The number of nitrogens with one attached hydrogen (secondary N) is 1. The normalized spacial score (nSPS) is 16.7. The third-order valence-corrected chi connectivity index (χ3v) is 4.12. The Hall–Kier alpha value is -0.940. The van der Waals surface area contributed by atoms with Crippen LogP contribution in [-0.2, 0) is 0 Å². The van der Waals surface area contributed by atoms with E-state index in [-0.39, 0.29) is 5.91 Å². The molecule has 1 aliphatic rings. The van der Waals surface area contributed by atoms with E-state index in [4.69, 9.17) is 0 Å². The fraction of sp³-hybridized carbons (Fsp3) is 0.692. The smallest absolute Gasteiger partial charge is 0.265 e. The summed E-state index contributed by atoms with van der Waals surface area (Å²) in [5.74, 6) is 0.799. The fourth-order valence-corrected chi connectivity index (χ4v) is 2.99. The highest BCUT2D eigenvalue weighted by Gasteiger charge is 2.21. The quantitative estimate of drug-likeness (QED) is 0.887. The summed E-state index contributed by atoms with van der Waals surface area (Å²) >= 11 is 1.43. The molecule has 1 aromatic rings. The summed E-state index contributed by atoms with van der Waals surface area (Å²) in [6, 6.07) is 0. The van der Waals surface area contributed by atoms with Gasteiger partial charge >= 0.3 is 0 Å². The Balaban J connectivity index is 1.96. The molecule has 5 heteroatoms. The molecule has 1 N–H and O–H groups in total. The molecule has 0 atom stereocenters. The molecule has 0 spiro atoms. The molecule has 0 saturated carbocycles. The Morgan fingerprint density at radius 2 is 2.33 bits per heavy atom. The Morgan fingerprint density at radius 3 is 2.94 bits per heavy atom. The maximum Gasteiger partial charge on any atom is 0.265 e. The maximum absolute atomic E-state index is 12.4. The lowest BCUT2D eigenvalue weighted by molar-refractivity contribution is 0.0721. The molecule has 1 saturated heterocycles. The minimum Gasteiger partial charge on any atom is -0.338 e. The SMILES string of the molecule is CCCN(CC1CCNCC1)C(=O)c1cncs1. The molecular formula is C13H21N3OS. The number of amides is 1. The van der Waals surface area contributed by atoms with Crippen LogP contribution in [0.1, 0.15) is 35.9 Å². The first-order chi connectivity index (χ1) is 8.81. The summed E-state index contributed by atoms with van der Waals surface area (Å²) in [5, 5.41) is 3.37. The van der Waals surface area contributed by atoms with Gasteiger partial charge in [0.1, 0.15) is 4.88 Å². The lowest BCUT2D eigenvalue weighted by Crippen LogP contribution is -2.39. The van der Waals surface area contributed by atoms with E-state index in [1.807, 2.05) is 4.90 Å². The first-order valence-corrected chi connectivity index (χ1v) is 7.57. The number of piperidine rings is 1. The van der Waals surface area contributed by atoms with Crippen LogP contribution < -0.4 is 5.32 Å². The van der Waals surface area contributed by atoms with E-state index in [0.717, 1.165) is 37.5 Å². The number of hydrogen-bond acceptors (Lipinski definition) is 4. The summed E-state index contributed by atoms with van der Waals surface area (Å²) in [7, 11) is 0. The molecule has 1 aliphatic heterocycles. The van der Waals surface area contributed by atoms with Gasteiger partial charge in [-0.05, 0) is 38.3 Å². The summed E-state index contributed by atoms with van der Waals surface area (Å²) in [6.07, 6.45) is 5.04. The van der Waals surface area contributed by atoms with Gasteiger partial charge in [-0.3, -0.25) is 9.78 Å². The average Bonchev–Trinajstić information content (AvgIpc) is 2.92. The van der Waals surface area contributed by atoms with Gasteiger partial charge in [0, 0.05) is 13.1 Å². The predicted octanol–water partition coefficient (Wildman–Crippen LogP) is 1.99. The highest BCUT2D eigenvalue weighted by molar-refractivity contribution is 7.11. The van der Waals surface area contributed by atoms with E-state index in [9.17, 15) is 4.79 Å². The van der Waals surface area contributed by atoms with Crippen LogP contribution in [-0.4, -0.2) is 42.0 Å². The highest BCUT2D eigenvalue weighted by atomic mass is 32.1. The van der Waals surface area contributed by atoms with Gasteiger partial charge in [-0.15, -0.1) is 11.3 Å². The molecule has 1 aromatic heterocycles. The van der Waals surface area contributed by atoms with Gasteiger partial charge < -0.3 is 10.2 Å². The maximum atomic E-state index is 12.4. The number of aromatic nitrogens is 1. The first kappa shape index (κ1) is 13.5. The minimum absolute atomic E-state index is 0.151. The van der Waals surface area contributed by atoms with Gasteiger partial charge in [-0.25, -0.2) is 0 Å². The van der Waals surface area contributed by atoms with Crippen LogP contribution in [0, 0.1) is 5.92 Å². The number of thiazole rings is 1. The van der Waals surface area contributed by atoms with Crippen LogP contribution in [0.25, 0.3) is 0 Å². The Kier molecular flexibility index (Phi) is 5.13. The van der Waals surface area contributed by atoms with E-state index in [2.05, 4.69) is 17.2 Å². The second-order valence-corrected chi connectivity index (χ2v) is 5.70. The molecule has 4 nitrogen and oxygen atoms in total. The van der Waals surface area contributed by atoms with Crippen LogP contribution in [0.3, 0.4) is 0 Å². The molecular weight excluding hydrogens is 246 g/mol. The van der Waals surface area contributed by atoms with Crippen molar-refractivity contribution >= 4 is 17.2 Å². The lowest BCUT2D eigenvalue weighted by Gasteiger charge is -2.29. The first-order valence-electron chi connectivity index (χ1n) is 6.69. The second-order valence-electron chi connectivity index (χ2n) is 4.81. The summed E-state index contributed by atoms with van der Waals surface area (Å²) in [6.45, 7) is 6.03. The molecule has 18 heavy (non-hydrogen) atoms. The summed E-state index contributed by atoms with van der Waals surface area (Å²) in [4.78, 5) is 19.1. The third kappa shape index (κ3) is 3.53. The molecule has 0 radical (unpaired) electrons. The number of carbonyl (C=O) groups is 1. The minimum atomic E-state index is 0.151. The summed E-state index contributed by atoms with van der Waals surface area (Å²) in [5.41, 5.74) is 1.72. The van der Waals surface area contributed by atoms with Crippen LogP contribution in [0.4, 0.5) is 0 Å². The standard InChI is InChI=1S/C13H21N3OS/c1-2-7-16(9-11-3-5-14-6-4-11)13(17)12-8-15-10-18-12/h8,10-11,14H,2-7,9H2,1H3. The molecule has 1 fully saturated rings. The van der Waals surface area contributed by atoms with Crippen LogP contribution in [0.5, 0.6) is 0 Å². The fourth-order valence-electron chi connectivity index (χ4n) is 2.40. The van der Waals surface area contributed by atoms with Gasteiger partial charge in [-0.2, -0.15) is 0 Å². The molecule has 100 valence electrons. The molecule has 0 aliphatic carbocycles. The van der Waals surface area contributed by atoms with Crippen molar-refractivity contribution in [1.29, 1.82) is 0 Å². The summed E-state index contributed by atoms with van der Waals surface area (Å²) < 4.78 is 0. The van der Waals surface area contributed by atoms with Gasteiger partial charge in [0.2, 0.25) is 0 Å². The van der Waals surface area contributed by atoms with Gasteiger partial charge in [0.05, 0.1) is 11.7 Å². The molecule has 0 bridgehead atoms. The molecule has 0 aromatic carbocycles. The molecule has 2 rings (SSSR count). The number of hydrogen-bond donors (Lipinski definition) is 1. The zero-order chi connectivity index (χ0) is 12.8. The highest BCUT2D eigenvalue weighted by Crippen LogP contribution is 2.17. The second kappa shape index (κ2) is 6.85. The monoisotopic (exact) mass is 267 g/mol. The zero-order valence-corrected chi connectivity index (χ0v) is 11.7. The van der Waals surface area contributed by atoms with Crippen molar-refractivity contribution in [3.05, 3.63) is 16.6 Å². The Morgan fingerprint density at radius 1 is 1.56 bits per heavy atom. The van der Waals surface area contributed by atoms with Gasteiger partial charge in [-0.1, -0.05) is 6.92 Å². The zero-order valence-electron chi connectivity index (χ0n) is 10.9. The van der Waals surface area contributed by atoms with Crippen molar-refractivity contribution in [3.8, 4) is 0 Å². The van der Waals surface area contributed by atoms with Crippen LogP contribution >= 0.6 is 11.3 Å². The third-order valence-electron chi connectivity index (χ3n) is 3.36. The van der Waals surface area contributed by atoms with Crippen molar-refractivity contribution in [3.63, 3.8) is 0 Å². The van der Waals surface area contributed by atoms with Crippen molar-refractivity contribution in [2.24, 2.45) is 5.92 Å². The van der Waals surface area contributed by atoms with Crippen molar-refractivity contribution in [1.82, 2.24) is 15.2 Å². The predicted molar refractivity (Wildman–Crippen MR) is 73.9 cm³/mol. The number of carbonyl (C=O) groups excluding carboxylic acids is 1. The van der Waals surface area contributed by atoms with E-state index in [0.29, 0.717) is 5.92 Å².